The van der Waals surface area contributed by atoms with E-state index in [0.717, 1.165) is 54.1 Å². The number of hydrogen-bond donors (Lipinski definition) is 1. The first-order valence-corrected chi connectivity index (χ1v) is 15.7. The van der Waals surface area contributed by atoms with Gasteiger partial charge in [0.25, 0.3) is 0 Å². The van der Waals surface area contributed by atoms with Crippen LogP contribution in [0.2, 0.25) is 0 Å². The van der Waals surface area contributed by atoms with E-state index in [0.29, 0.717) is 16.7 Å². The van der Waals surface area contributed by atoms with Crippen molar-refractivity contribution in [3.63, 3.8) is 0 Å². The van der Waals surface area contributed by atoms with Gasteiger partial charge in [0.2, 0.25) is 0 Å². The highest BCUT2D eigenvalue weighted by Crippen LogP contribution is 2.68. The van der Waals surface area contributed by atoms with E-state index in [4.69, 9.17) is 4.74 Å². The molecule has 0 saturated heterocycles. The first-order chi connectivity index (χ1) is 17.7. The van der Waals surface area contributed by atoms with Crippen molar-refractivity contribution in [3.8, 4) is 5.75 Å². The van der Waals surface area contributed by atoms with Crippen LogP contribution in [0.25, 0.3) is 6.08 Å². The normalized spacial score (nSPS) is 41.2. The van der Waals surface area contributed by atoms with Crippen molar-refractivity contribution in [2.75, 3.05) is 7.11 Å². The molecule has 4 aliphatic carbocycles. The minimum Gasteiger partial charge on any atom is -0.497 e. The lowest BCUT2D eigenvalue weighted by molar-refractivity contribution is -0.117. The summed E-state index contributed by atoms with van der Waals surface area (Å²) in [6, 6.07) is 8.32. The predicted octanol–water partition coefficient (Wildman–Crippen LogP) is 9.17. The van der Waals surface area contributed by atoms with E-state index >= 15 is 0 Å². The van der Waals surface area contributed by atoms with Crippen molar-refractivity contribution >= 4 is 6.08 Å². The first kappa shape index (κ1) is 27.3. The molecular weight excluding hydrogens is 452 g/mol. The van der Waals surface area contributed by atoms with Crippen molar-refractivity contribution < 1.29 is 9.84 Å². The van der Waals surface area contributed by atoms with Gasteiger partial charge in [-0.15, -0.1) is 0 Å². The second kappa shape index (κ2) is 10.7. The molecule has 5 rings (SSSR count). The summed E-state index contributed by atoms with van der Waals surface area (Å²) in [7, 11) is 1.72. The van der Waals surface area contributed by atoms with Gasteiger partial charge >= 0.3 is 0 Å². The van der Waals surface area contributed by atoms with Gasteiger partial charge in [-0.3, -0.25) is 0 Å². The predicted molar refractivity (Wildman–Crippen MR) is 155 cm³/mol. The Kier molecular flexibility index (Phi) is 7.90. The van der Waals surface area contributed by atoms with Gasteiger partial charge in [-0.1, -0.05) is 72.1 Å². The molecule has 4 aliphatic rings. The van der Waals surface area contributed by atoms with Crippen LogP contribution >= 0.6 is 0 Å². The van der Waals surface area contributed by atoms with Crippen molar-refractivity contribution in [1.82, 2.24) is 0 Å². The Labute approximate surface area is 227 Å². The lowest BCUT2D eigenvalue weighted by atomic mass is 9.44. The van der Waals surface area contributed by atoms with E-state index in [9.17, 15) is 5.11 Å². The van der Waals surface area contributed by atoms with E-state index in [-0.39, 0.29) is 6.10 Å². The summed E-state index contributed by atoms with van der Waals surface area (Å²) in [5.41, 5.74) is 3.34. The highest BCUT2D eigenvalue weighted by Gasteiger charge is 2.60. The monoisotopic (exact) mass is 506 g/mol. The molecule has 9 atom stereocenters. The molecule has 0 aromatic heterocycles. The Morgan fingerprint density at radius 2 is 1.68 bits per heavy atom. The van der Waals surface area contributed by atoms with E-state index < -0.39 is 0 Å². The topological polar surface area (TPSA) is 29.5 Å². The fourth-order valence-corrected chi connectivity index (χ4v) is 10.3. The molecule has 4 fully saturated rings. The van der Waals surface area contributed by atoms with Gasteiger partial charge in [0, 0.05) is 0 Å². The van der Waals surface area contributed by atoms with Gasteiger partial charge in [-0.05, 0) is 127 Å². The van der Waals surface area contributed by atoms with Crippen LogP contribution in [0.4, 0.5) is 0 Å². The van der Waals surface area contributed by atoms with Crippen LogP contribution in [-0.4, -0.2) is 18.3 Å². The summed E-state index contributed by atoms with van der Waals surface area (Å²) in [5, 5.41) is 11.2. The molecule has 0 amide bonds. The van der Waals surface area contributed by atoms with E-state index in [1.165, 1.54) is 68.9 Å². The summed E-state index contributed by atoms with van der Waals surface area (Å²) < 4.78 is 5.35. The standard InChI is InChI=1S/C35H54O2/c1-23(2)8-7-9-24(3)30-16-17-31-29-15-12-27-21-33(36)26(20-25-10-13-28(37-6)14-11-25)22-35(27,5)32(29)18-19-34(30,31)4/h10-11,13-14,20,23-24,27,29-33,36H,7-9,12,15-19,21-22H2,1-6H3/b26-20-/t24-,27+,29-,30-,31-,32-,33-,34+,35+/m1/s1. The fourth-order valence-electron chi connectivity index (χ4n) is 10.3. The molecule has 0 heterocycles. The molecule has 1 aromatic rings. The molecule has 37 heavy (non-hydrogen) atoms. The summed E-state index contributed by atoms with van der Waals surface area (Å²) >= 11 is 0. The average Bonchev–Trinajstić information content (AvgIpc) is 3.22. The minimum atomic E-state index is -0.284. The quantitative estimate of drug-likeness (QED) is 0.399. The molecule has 2 heteroatoms. The molecule has 2 nitrogen and oxygen atoms in total. The van der Waals surface area contributed by atoms with Crippen LogP contribution in [0.3, 0.4) is 0 Å². The van der Waals surface area contributed by atoms with Gasteiger partial charge in [0.1, 0.15) is 5.75 Å². The van der Waals surface area contributed by atoms with Crippen LogP contribution in [0.1, 0.15) is 111 Å². The lowest BCUT2D eigenvalue weighted by Gasteiger charge is -2.61. The molecule has 0 spiro atoms. The number of rotatable bonds is 7. The number of methoxy groups -OCH3 is 1. The second-order valence-electron chi connectivity index (χ2n) is 14.6. The number of benzene rings is 1. The third-order valence-corrected chi connectivity index (χ3v) is 12.3. The molecule has 1 aromatic carbocycles. The van der Waals surface area contributed by atoms with Crippen LogP contribution < -0.4 is 4.74 Å². The fraction of sp³-hybridized carbons (Fsp3) is 0.771. The van der Waals surface area contributed by atoms with Crippen LogP contribution in [0.5, 0.6) is 5.75 Å². The number of fused-ring (bicyclic) bond motifs is 5. The van der Waals surface area contributed by atoms with Gasteiger partial charge in [-0.25, -0.2) is 0 Å². The largest absolute Gasteiger partial charge is 0.497 e. The summed E-state index contributed by atoms with van der Waals surface area (Å²) in [4.78, 5) is 0. The van der Waals surface area contributed by atoms with Crippen LogP contribution in [-0.2, 0) is 0 Å². The molecule has 0 aliphatic heterocycles. The molecule has 0 radical (unpaired) electrons. The molecule has 0 bridgehead atoms. The Hall–Kier alpha value is -1.28. The van der Waals surface area contributed by atoms with Crippen molar-refractivity contribution in [2.24, 2.45) is 52.3 Å². The number of ether oxygens (including phenoxy) is 1. The molecule has 1 N–H and O–H groups in total. The Balaban J connectivity index is 1.33. The maximum atomic E-state index is 11.2. The maximum absolute atomic E-state index is 11.2. The SMILES string of the molecule is COc1ccc(/C=C2/C[C@@]3(C)[C@@H](CC[C@@H]4[C@H]5CC[C@H]([C@H](C)CCCC(C)C)[C@]5(C)CC[C@H]43)C[C@H]2O)cc1. The average molecular weight is 507 g/mol. The summed E-state index contributed by atoms with van der Waals surface area (Å²) in [5.74, 6) is 6.84. The van der Waals surface area contributed by atoms with E-state index in [1.54, 1.807) is 7.11 Å². The van der Waals surface area contributed by atoms with Crippen molar-refractivity contribution in [1.29, 1.82) is 0 Å². The summed E-state index contributed by atoms with van der Waals surface area (Å²) in [6.07, 6.45) is 16.8. The molecule has 4 saturated carbocycles. The molecule has 206 valence electrons. The second-order valence-corrected chi connectivity index (χ2v) is 14.6. The number of hydrogen-bond acceptors (Lipinski definition) is 2. The van der Waals surface area contributed by atoms with Gasteiger partial charge in [-0.2, -0.15) is 0 Å². The number of aliphatic hydroxyl groups is 1. The zero-order chi connectivity index (χ0) is 26.4. The molecular formula is C35H54O2. The Bertz CT molecular complexity index is 947. The third-order valence-electron chi connectivity index (χ3n) is 12.3. The van der Waals surface area contributed by atoms with Crippen LogP contribution in [0, 0.1) is 52.3 Å². The summed E-state index contributed by atoms with van der Waals surface area (Å²) in [6.45, 7) is 12.7. The van der Waals surface area contributed by atoms with Crippen LogP contribution in [0.15, 0.2) is 29.8 Å². The van der Waals surface area contributed by atoms with Gasteiger partial charge in [0.05, 0.1) is 13.2 Å². The zero-order valence-electron chi connectivity index (χ0n) is 24.6. The Morgan fingerprint density at radius 1 is 0.946 bits per heavy atom. The van der Waals surface area contributed by atoms with Crippen molar-refractivity contribution in [3.05, 3.63) is 35.4 Å². The third kappa shape index (κ3) is 5.06. The zero-order valence-corrected chi connectivity index (χ0v) is 24.6. The van der Waals surface area contributed by atoms with Gasteiger partial charge in [0.15, 0.2) is 0 Å². The lowest BCUT2D eigenvalue weighted by Crippen LogP contribution is -2.54. The molecule has 0 unspecified atom stereocenters. The highest BCUT2D eigenvalue weighted by atomic mass is 16.5. The maximum Gasteiger partial charge on any atom is 0.118 e. The highest BCUT2D eigenvalue weighted by molar-refractivity contribution is 5.55. The minimum absolute atomic E-state index is 0.284. The first-order valence-electron chi connectivity index (χ1n) is 15.7. The van der Waals surface area contributed by atoms with Crippen molar-refractivity contribution in [2.45, 2.75) is 111 Å². The Morgan fingerprint density at radius 3 is 2.38 bits per heavy atom. The number of aliphatic hydroxyl groups excluding tert-OH is 1. The van der Waals surface area contributed by atoms with E-state index in [1.807, 2.05) is 12.1 Å². The smallest absolute Gasteiger partial charge is 0.118 e. The van der Waals surface area contributed by atoms with E-state index in [2.05, 4.69) is 52.8 Å². The van der Waals surface area contributed by atoms with Gasteiger partial charge < -0.3 is 9.84 Å².